The second kappa shape index (κ2) is 7.04. The SMILES string of the molecule is COC(=O)C(Nc1cccc(Br)c1)c1ccc(Br)c(F)c1. The van der Waals surface area contributed by atoms with Crippen LogP contribution in [-0.2, 0) is 9.53 Å². The number of methoxy groups -OCH3 is 1. The highest BCUT2D eigenvalue weighted by Crippen LogP contribution is 2.26. The van der Waals surface area contributed by atoms with E-state index in [-0.39, 0.29) is 0 Å². The first-order chi connectivity index (χ1) is 10.0. The molecule has 0 aromatic heterocycles. The Balaban J connectivity index is 2.34. The van der Waals surface area contributed by atoms with Crippen molar-refractivity contribution in [3.05, 3.63) is 62.8 Å². The molecule has 0 aliphatic heterocycles. The summed E-state index contributed by atoms with van der Waals surface area (Å²) in [7, 11) is 1.30. The minimum absolute atomic E-state index is 0.345. The fraction of sp³-hybridized carbons (Fsp3) is 0.133. The number of esters is 1. The summed E-state index contributed by atoms with van der Waals surface area (Å²) in [5, 5.41) is 3.05. The second-order valence-electron chi connectivity index (χ2n) is 4.28. The van der Waals surface area contributed by atoms with Gasteiger partial charge in [-0.15, -0.1) is 0 Å². The summed E-state index contributed by atoms with van der Waals surface area (Å²) in [5.41, 5.74) is 1.21. The molecule has 6 heteroatoms. The monoisotopic (exact) mass is 415 g/mol. The molecule has 0 radical (unpaired) electrons. The van der Waals surface area contributed by atoms with Crippen LogP contribution in [0.2, 0.25) is 0 Å². The molecule has 0 spiro atoms. The van der Waals surface area contributed by atoms with Crippen LogP contribution >= 0.6 is 31.9 Å². The summed E-state index contributed by atoms with van der Waals surface area (Å²) < 4.78 is 19.7. The van der Waals surface area contributed by atoms with Gasteiger partial charge in [0.2, 0.25) is 0 Å². The van der Waals surface area contributed by atoms with Crippen LogP contribution in [0.25, 0.3) is 0 Å². The van der Waals surface area contributed by atoms with Crippen molar-refractivity contribution < 1.29 is 13.9 Å². The largest absolute Gasteiger partial charge is 0.467 e. The van der Waals surface area contributed by atoms with E-state index in [9.17, 15) is 9.18 Å². The third-order valence-electron chi connectivity index (χ3n) is 2.85. The Morgan fingerprint density at radius 2 is 2.00 bits per heavy atom. The van der Waals surface area contributed by atoms with Gasteiger partial charge in [-0.2, -0.15) is 0 Å². The van der Waals surface area contributed by atoms with Crippen molar-refractivity contribution >= 4 is 43.5 Å². The lowest BCUT2D eigenvalue weighted by atomic mass is 10.1. The zero-order valence-corrected chi connectivity index (χ0v) is 14.2. The molecule has 0 fully saturated rings. The molecule has 110 valence electrons. The van der Waals surface area contributed by atoms with Crippen LogP contribution in [0, 0.1) is 5.82 Å². The number of benzene rings is 2. The molecule has 0 saturated heterocycles. The van der Waals surface area contributed by atoms with E-state index in [0.717, 1.165) is 10.2 Å². The van der Waals surface area contributed by atoms with Gasteiger partial charge in [0.1, 0.15) is 5.82 Å². The van der Waals surface area contributed by atoms with E-state index in [2.05, 4.69) is 37.2 Å². The van der Waals surface area contributed by atoms with Crippen molar-refractivity contribution in [2.24, 2.45) is 0 Å². The number of halogens is 3. The van der Waals surface area contributed by atoms with Gasteiger partial charge in [-0.3, -0.25) is 0 Å². The van der Waals surface area contributed by atoms with Crippen molar-refractivity contribution in [3.63, 3.8) is 0 Å². The van der Waals surface area contributed by atoms with E-state index < -0.39 is 17.8 Å². The van der Waals surface area contributed by atoms with Crippen LogP contribution < -0.4 is 5.32 Å². The summed E-state index contributed by atoms with van der Waals surface area (Å²) in [6.45, 7) is 0. The zero-order chi connectivity index (χ0) is 15.4. The van der Waals surface area contributed by atoms with E-state index in [1.165, 1.54) is 13.2 Å². The Labute approximate surface area is 138 Å². The molecule has 1 unspecified atom stereocenters. The summed E-state index contributed by atoms with van der Waals surface area (Å²) in [6, 6.07) is 11.1. The van der Waals surface area contributed by atoms with Gasteiger partial charge in [-0.1, -0.05) is 28.1 Å². The predicted molar refractivity (Wildman–Crippen MR) is 86.6 cm³/mol. The van der Waals surface area contributed by atoms with E-state index in [4.69, 9.17) is 4.74 Å². The van der Waals surface area contributed by atoms with Gasteiger partial charge >= 0.3 is 5.97 Å². The molecule has 1 atom stereocenters. The first-order valence-corrected chi connectivity index (χ1v) is 7.64. The number of nitrogens with one attached hydrogen (secondary N) is 1. The number of anilines is 1. The maximum absolute atomic E-state index is 13.7. The van der Waals surface area contributed by atoms with Crippen LogP contribution in [-0.4, -0.2) is 13.1 Å². The Hall–Kier alpha value is -1.40. The minimum Gasteiger partial charge on any atom is -0.467 e. The second-order valence-corrected chi connectivity index (χ2v) is 6.05. The van der Waals surface area contributed by atoms with Gasteiger partial charge in [-0.05, 0) is 51.8 Å². The van der Waals surface area contributed by atoms with Gasteiger partial charge < -0.3 is 10.1 Å². The molecule has 2 rings (SSSR count). The quantitative estimate of drug-likeness (QED) is 0.735. The van der Waals surface area contributed by atoms with Crippen molar-refractivity contribution in [1.29, 1.82) is 0 Å². The molecule has 0 heterocycles. The smallest absolute Gasteiger partial charge is 0.332 e. The van der Waals surface area contributed by atoms with E-state index in [1.807, 2.05) is 24.3 Å². The maximum atomic E-state index is 13.7. The van der Waals surface area contributed by atoms with E-state index in [1.54, 1.807) is 12.1 Å². The fourth-order valence-corrected chi connectivity index (χ4v) is 2.48. The summed E-state index contributed by atoms with van der Waals surface area (Å²) >= 11 is 6.45. The van der Waals surface area contributed by atoms with E-state index >= 15 is 0 Å². The molecular weight excluding hydrogens is 405 g/mol. The van der Waals surface area contributed by atoms with Crippen LogP contribution in [0.4, 0.5) is 10.1 Å². The molecule has 21 heavy (non-hydrogen) atoms. The number of hydrogen-bond acceptors (Lipinski definition) is 3. The van der Waals surface area contributed by atoms with Crippen molar-refractivity contribution in [2.75, 3.05) is 12.4 Å². The third kappa shape index (κ3) is 4.04. The van der Waals surface area contributed by atoms with Gasteiger partial charge in [0.25, 0.3) is 0 Å². The lowest BCUT2D eigenvalue weighted by Crippen LogP contribution is -2.22. The summed E-state index contributed by atoms with van der Waals surface area (Å²) in [5.74, 6) is -0.922. The molecule has 0 aliphatic carbocycles. The topological polar surface area (TPSA) is 38.3 Å². The number of rotatable bonds is 4. The normalized spacial score (nSPS) is 11.8. The van der Waals surface area contributed by atoms with Gasteiger partial charge in [0, 0.05) is 10.2 Å². The van der Waals surface area contributed by atoms with Gasteiger partial charge in [-0.25, -0.2) is 9.18 Å². The molecular formula is C15H12Br2FNO2. The fourth-order valence-electron chi connectivity index (χ4n) is 1.83. The van der Waals surface area contributed by atoms with Crippen LogP contribution in [0.3, 0.4) is 0 Å². The van der Waals surface area contributed by atoms with Crippen molar-refractivity contribution in [1.82, 2.24) is 0 Å². The highest BCUT2D eigenvalue weighted by Gasteiger charge is 2.22. The third-order valence-corrected chi connectivity index (χ3v) is 3.99. The average Bonchev–Trinajstić information content (AvgIpc) is 2.47. The summed E-state index contributed by atoms with van der Waals surface area (Å²) in [6.07, 6.45) is 0. The predicted octanol–water partition coefficient (Wildman–Crippen LogP) is 4.68. The number of ether oxygens (including phenoxy) is 1. The Morgan fingerprint density at radius 1 is 1.24 bits per heavy atom. The van der Waals surface area contributed by atoms with Crippen molar-refractivity contribution in [3.8, 4) is 0 Å². The molecule has 0 bridgehead atoms. The van der Waals surface area contributed by atoms with Crippen LogP contribution in [0.15, 0.2) is 51.4 Å². The average molecular weight is 417 g/mol. The highest BCUT2D eigenvalue weighted by atomic mass is 79.9. The molecule has 1 N–H and O–H groups in total. The molecule has 0 amide bonds. The zero-order valence-electron chi connectivity index (χ0n) is 11.1. The Morgan fingerprint density at radius 3 is 2.62 bits per heavy atom. The Kier molecular flexibility index (Phi) is 5.36. The Bertz CT molecular complexity index is 664. The highest BCUT2D eigenvalue weighted by molar-refractivity contribution is 9.10. The van der Waals surface area contributed by atoms with Crippen LogP contribution in [0.5, 0.6) is 0 Å². The molecule has 0 aliphatic rings. The maximum Gasteiger partial charge on any atom is 0.332 e. The standard InChI is InChI=1S/C15H12Br2FNO2/c1-21-15(20)14(9-5-6-12(17)13(18)7-9)19-11-4-2-3-10(16)8-11/h2-8,14,19H,1H3. The lowest BCUT2D eigenvalue weighted by Gasteiger charge is -2.18. The lowest BCUT2D eigenvalue weighted by molar-refractivity contribution is -0.141. The first-order valence-electron chi connectivity index (χ1n) is 6.06. The minimum atomic E-state index is -0.785. The van der Waals surface area contributed by atoms with Gasteiger partial charge in [0.05, 0.1) is 11.6 Å². The molecule has 2 aromatic rings. The van der Waals surface area contributed by atoms with Crippen molar-refractivity contribution in [2.45, 2.75) is 6.04 Å². The van der Waals surface area contributed by atoms with Crippen LogP contribution in [0.1, 0.15) is 11.6 Å². The molecule has 3 nitrogen and oxygen atoms in total. The van der Waals surface area contributed by atoms with Gasteiger partial charge in [0.15, 0.2) is 6.04 Å². The first kappa shape index (κ1) is 16.0. The number of carbonyl (C=O) groups excluding carboxylic acids is 1. The molecule has 0 saturated carbocycles. The molecule has 2 aromatic carbocycles. The number of hydrogen-bond donors (Lipinski definition) is 1. The summed E-state index contributed by atoms with van der Waals surface area (Å²) in [4.78, 5) is 12.0. The number of carbonyl (C=O) groups is 1. The van der Waals surface area contributed by atoms with E-state index in [0.29, 0.717) is 10.0 Å².